The molecule has 2 aromatic heterocycles. The molecule has 0 atom stereocenters. The molecule has 3 aromatic rings. The zero-order chi connectivity index (χ0) is 17.4. The van der Waals surface area contributed by atoms with E-state index in [0.717, 1.165) is 21.3 Å². The van der Waals surface area contributed by atoms with Crippen molar-refractivity contribution in [1.29, 1.82) is 0 Å². The molecule has 2 heterocycles. The first-order valence-corrected chi connectivity index (χ1v) is 9.06. The Kier molecular flexibility index (Phi) is 4.14. The molecular weight excluding hydrogens is 338 g/mol. The van der Waals surface area contributed by atoms with E-state index in [-0.39, 0.29) is 19.1 Å². The fourth-order valence-corrected chi connectivity index (χ4v) is 3.61. The number of nitrogens with one attached hydrogen (secondary N) is 1. The van der Waals surface area contributed by atoms with Crippen molar-refractivity contribution in [3.63, 3.8) is 0 Å². The Hall–Kier alpha value is -2.45. The van der Waals surface area contributed by atoms with Gasteiger partial charge in [-0.3, -0.25) is 4.79 Å². The van der Waals surface area contributed by atoms with E-state index in [1.165, 1.54) is 12.8 Å². The molecule has 0 spiro atoms. The predicted octanol–water partition coefficient (Wildman–Crippen LogP) is 1.78. The van der Waals surface area contributed by atoms with E-state index < -0.39 is 0 Å². The number of amides is 1. The summed E-state index contributed by atoms with van der Waals surface area (Å²) >= 11 is 1.59. The molecule has 1 saturated carbocycles. The fraction of sp³-hybridized carbons (Fsp3) is 0.353. The zero-order valence-electron chi connectivity index (χ0n) is 13.8. The van der Waals surface area contributed by atoms with Gasteiger partial charge in [-0.05, 0) is 25.0 Å². The van der Waals surface area contributed by atoms with Crippen molar-refractivity contribution in [2.45, 2.75) is 18.9 Å². The summed E-state index contributed by atoms with van der Waals surface area (Å²) < 4.78 is 1.86. The highest BCUT2D eigenvalue weighted by Gasteiger charge is 2.28. The topological polar surface area (TPSA) is 82.8 Å². The minimum atomic E-state index is -0.193. The quantitative estimate of drug-likeness (QED) is 0.703. The highest BCUT2D eigenvalue weighted by molar-refractivity contribution is 7.20. The molecule has 0 aliphatic heterocycles. The van der Waals surface area contributed by atoms with Gasteiger partial charge in [-0.15, -0.1) is 5.10 Å². The Labute approximate surface area is 148 Å². The average Bonchev–Trinajstić information content (AvgIpc) is 3.28. The average molecular weight is 357 g/mol. The largest absolute Gasteiger partial charge is 0.395 e. The molecule has 1 aromatic carbocycles. The van der Waals surface area contributed by atoms with Crippen LogP contribution in [0.15, 0.2) is 30.5 Å². The van der Waals surface area contributed by atoms with Crippen LogP contribution in [-0.4, -0.2) is 51.9 Å². The molecule has 1 fully saturated rings. The van der Waals surface area contributed by atoms with Crippen LogP contribution in [0.25, 0.3) is 16.2 Å². The molecule has 130 valence electrons. The maximum absolute atomic E-state index is 11.9. The molecule has 0 unspecified atom stereocenters. The lowest BCUT2D eigenvalue weighted by Gasteiger charge is -2.12. The number of nitrogens with zero attached hydrogens (tertiary/aromatic N) is 4. The first-order chi connectivity index (χ1) is 12.2. The van der Waals surface area contributed by atoms with Crippen molar-refractivity contribution in [1.82, 2.24) is 19.9 Å². The van der Waals surface area contributed by atoms with Crippen molar-refractivity contribution in [2.75, 3.05) is 25.1 Å². The van der Waals surface area contributed by atoms with Gasteiger partial charge in [0.1, 0.15) is 0 Å². The number of benzene rings is 1. The number of fused-ring (bicyclic) bond motifs is 1. The van der Waals surface area contributed by atoms with Crippen molar-refractivity contribution in [3.05, 3.63) is 36.0 Å². The van der Waals surface area contributed by atoms with Crippen LogP contribution in [0.4, 0.5) is 5.13 Å². The summed E-state index contributed by atoms with van der Waals surface area (Å²) in [4.78, 5) is 19.5. The zero-order valence-corrected chi connectivity index (χ0v) is 14.7. The van der Waals surface area contributed by atoms with Gasteiger partial charge in [-0.1, -0.05) is 23.5 Å². The number of aliphatic hydroxyl groups excluding tert-OH is 1. The monoisotopic (exact) mass is 357 g/mol. The smallest absolute Gasteiger partial charge is 0.251 e. The molecule has 2 N–H and O–H groups in total. The van der Waals surface area contributed by atoms with Crippen molar-refractivity contribution in [2.24, 2.45) is 0 Å². The molecule has 1 aliphatic rings. The maximum Gasteiger partial charge on any atom is 0.251 e. The van der Waals surface area contributed by atoms with E-state index in [4.69, 9.17) is 10.2 Å². The number of hydrogen-bond donors (Lipinski definition) is 2. The third-order valence-electron chi connectivity index (χ3n) is 4.31. The van der Waals surface area contributed by atoms with E-state index in [9.17, 15) is 4.79 Å². The van der Waals surface area contributed by atoms with Crippen LogP contribution >= 0.6 is 11.3 Å². The molecule has 0 bridgehead atoms. The van der Waals surface area contributed by atoms with Crippen LogP contribution in [0.2, 0.25) is 0 Å². The van der Waals surface area contributed by atoms with Gasteiger partial charge in [0.2, 0.25) is 10.1 Å². The second-order valence-electron chi connectivity index (χ2n) is 6.12. The number of anilines is 1. The number of carbonyl (C=O) groups is 1. The first kappa shape index (κ1) is 16.0. The molecule has 0 radical (unpaired) electrons. The minimum Gasteiger partial charge on any atom is -0.395 e. The SMILES string of the molecule is CN(c1nn2c(-c3ccc(C(=O)NCCO)cc3)cnc2s1)C1CC1. The Morgan fingerprint density at radius 3 is 2.84 bits per heavy atom. The van der Waals surface area contributed by atoms with Crippen LogP contribution < -0.4 is 10.2 Å². The summed E-state index contributed by atoms with van der Waals surface area (Å²) in [5.41, 5.74) is 2.42. The Morgan fingerprint density at radius 1 is 1.40 bits per heavy atom. The van der Waals surface area contributed by atoms with Gasteiger partial charge < -0.3 is 15.3 Å². The minimum absolute atomic E-state index is 0.0703. The third-order valence-corrected chi connectivity index (χ3v) is 5.32. The third kappa shape index (κ3) is 3.10. The number of rotatable bonds is 6. The van der Waals surface area contributed by atoms with Gasteiger partial charge in [0.25, 0.3) is 5.91 Å². The first-order valence-electron chi connectivity index (χ1n) is 8.24. The van der Waals surface area contributed by atoms with E-state index in [1.807, 2.05) is 16.6 Å². The lowest BCUT2D eigenvalue weighted by molar-refractivity contribution is 0.0945. The molecule has 4 rings (SSSR count). The molecule has 25 heavy (non-hydrogen) atoms. The van der Waals surface area contributed by atoms with Gasteiger partial charge in [0, 0.05) is 30.8 Å². The van der Waals surface area contributed by atoms with E-state index in [0.29, 0.717) is 11.6 Å². The molecule has 0 saturated heterocycles. The Morgan fingerprint density at radius 2 is 2.16 bits per heavy atom. The molecule has 1 amide bonds. The highest BCUT2D eigenvalue weighted by atomic mass is 32.1. The molecule has 8 heteroatoms. The number of aromatic nitrogens is 3. The summed E-state index contributed by atoms with van der Waals surface area (Å²) in [6.07, 6.45) is 4.26. The van der Waals surface area contributed by atoms with Gasteiger partial charge in [-0.25, -0.2) is 9.50 Å². The summed E-state index contributed by atoms with van der Waals surface area (Å²) in [7, 11) is 2.08. The summed E-state index contributed by atoms with van der Waals surface area (Å²) in [5.74, 6) is -0.193. The van der Waals surface area contributed by atoms with Crippen LogP contribution in [0.1, 0.15) is 23.2 Å². The van der Waals surface area contributed by atoms with Crippen LogP contribution in [0.5, 0.6) is 0 Å². The molecular formula is C17H19N5O2S. The number of imidazole rings is 1. The van der Waals surface area contributed by atoms with E-state index in [1.54, 1.807) is 29.7 Å². The lowest BCUT2D eigenvalue weighted by Crippen LogP contribution is -2.26. The van der Waals surface area contributed by atoms with Gasteiger partial charge in [-0.2, -0.15) is 0 Å². The van der Waals surface area contributed by atoms with Gasteiger partial charge in [0.15, 0.2) is 0 Å². The van der Waals surface area contributed by atoms with Crippen molar-refractivity contribution >= 4 is 27.3 Å². The van der Waals surface area contributed by atoms with E-state index >= 15 is 0 Å². The van der Waals surface area contributed by atoms with E-state index in [2.05, 4.69) is 22.2 Å². The lowest BCUT2D eigenvalue weighted by atomic mass is 10.1. The van der Waals surface area contributed by atoms with Crippen LogP contribution in [0.3, 0.4) is 0 Å². The standard InChI is InChI=1S/C17H19N5O2S/c1-21(13-6-7-13)17-20-22-14(10-19-16(22)25-17)11-2-4-12(5-3-11)15(24)18-8-9-23/h2-5,10,13,23H,6-9H2,1H3,(H,18,24). The number of hydrogen-bond acceptors (Lipinski definition) is 6. The predicted molar refractivity (Wildman–Crippen MR) is 97.1 cm³/mol. The Balaban J connectivity index is 1.59. The maximum atomic E-state index is 11.9. The normalized spacial score (nSPS) is 14.0. The van der Waals surface area contributed by atoms with Crippen molar-refractivity contribution in [3.8, 4) is 11.3 Å². The molecule has 1 aliphatic carbocycles. The number of carbonyl (C=O) groups excluding carboxylic acids is 1. The summed E-state index contributed by atoms with van der Waals surface area (Å²) in [6, 6.07) is 7.92. The second kappa shape index (κ2) is 6.45. The number of aliphatic hydroxyl groups is 1. The second-order valence-corrected chi connectivity index (χ2v) is 7.06. The summed E-state index contributed by atoms with van der Waals surface area (Å²) in [6.45, 7) is 0.180. The van der Waals surface area contributed by atoms with Crippen LogP contribution in [0, 0.1) is 0 Å². The Bertz CT molecular complexity index is 898. The van der Waals surface area contributed by atoms with Crippen molar-refractivity contribution < 1.29 is 9.90 Å². The summed E-state index contributed by atoms with van der Waals surface area (Å²) in [5, 5.41) is 17.1. The van der Waals surface area contributed by atoms with Gasteiger partial charge >= 0.3 is 0 Å². The molecule has 7 nitrogen and oxygen atoms in total. The van der Waals surface area contributed by atoms with Crippen LogP contribution in [-0.2, 0) is 0 Å². The fourth-order valence-electron chi connectivity index (χ4n) is 2.70. The van der Waals surface area contributed by atoms with Gasteiger partial charge in [0.05, 0.1) is 18.5 Å². The highest BCUT2D eigenvalue weighted by Crippen LogP contribution is 2.34.